The van der Waals surface area contributed by atoms with Crippen LogP contribution in [-0.2, 0) is 4.79 Å². The predicted octanol–water partition coefficient (Wildman–Crippen LogP) is 2.46. The van der Waals surface area contributed by atoms with Crippen molar-refractivity contribution in [1.29, 1.82) is 0 Å². The summed E-state index contributed by atoms with van der Waals surface area (Å²) < 4.78 is 6.19. The molecule has 2 unspecified atom stereocenters. The van der Waals surface area contributed by atoms with Gasteiger partial charge in [0.25, 0.3) is 0 Å². The molecular formula is C28H31N9O2. The lowest BCUT2D eigenvalue weighted by Gasteiger charge is -2.32. The van der Waals surface area contributed by atoms with Crippen LogP contribution in [-0.4, -0.2) is 63.7 Å². The number of allylic oxidation sites excluding steroid dienone is 1. The average Bonchev–Trinajstić information content (AvgIpc) is 3.43. The maximum Gasteiger partial charge on any atom is 0.243 e. The molecule has 0 saturated carbocycles. The quantitative estimate of drug-likeness (QED) is 0.342. The van der Waals surface area contributed by atoms with Crippen molar-refractivity contribution in [1.82, 2.24) is 35.9 Å². The summed E-state index contributed by atoms with van der Waals surface area (Å²) in [6.45, 7) is 7.82. The number of ether oxygens (including phenoxy) is 1. The first-order chi connectivity index (χ1) is 19.1. The van der Waals surface area contributed by atoms with Crippen molar-refractivity contribution in [2.45, 2.75) is 37.9 Å². The van der Waals surface area contributed by atoms with E-state index >= 15 is 0 Å². The predicted molar refractivity (Wildman–Crippen MR) is 150 cm³/mol. The van der Waals surface area contributed by atoms with Crippen LogP contribution in [0.1, 0.15) is 18.4 Å². The Labute approximate surface area is 226 Å². The van der Waals surface area contributed by atoms with Crippen LogP contribution >= 0.6 is 0 Å². The molecule has 2 aliphatic heterocycles. The van der Waals surface area contributed by atoms with Crippen molar-refractivity contribution in [3.05, 3.63) is 72.9 Å². The number of aromatic nitrogens is 4. The fraction of sp³-hybridized carbons (Fsp3) is 0.321. The van der Waals surface area contributed by atoms with Crippen molar-refractivity contribution in [2.24, 2.45) is 0 Å². The molecule has 3 aliphatic rings. The molecule has 0 radical (unpaired) electrons. The van der Waals surface area contributed by atoms with Crippen molar-refractivity contribution in [3.63, 3.8) is 0 Å². The van der Waals surface area contributed by atoms with E-state index in [0.717, 1.165) is 55.4 Å². The molecule has 4 heterocycles. The summed E-state index contributed by atoms with van der Waals surface area (Å²) in [5.74, 6) is 2.71. The molecule has 1 amide bonds. The van der Waals surface area contributed by atoms with E-state index in [2.05, 4.69) is 59.8 Å². The van der Waals surface area contributed by atoms with Crippen LogP contribution in [0, 0.1) is 6.92 Å². The van der Waals surface area contributed by atoms with E-state index in [1.807, 2.05) is 31.2 Å². The smallest absolute Gasteiger partial charge is 0.243 e. The minimum Gasteiger partial charge on any atom is -0.457 e. The zero-order valence-corrected chi connectivity index (χ0v) is 21.7. The van der Waals surface area contributed by atoms with Gasteiger partial charge in [-0.3, -0.25) is 15.4 Å². The molecule has 2 fully saturated rings. The lowest BCUT2D eigenvalue weighted by molar-refractivity contribution is -0.117. The van der Waals surface area contributed by atoms with Crippen LogP contribution in [0.15, 0.2) is 67.4 Å². The second-order valence-electron chi connectivity index (χ2n) is 9.87. The molecule has 4 N–H and O–H groups in total. The van der Waals surface area contributed by atoms with Crippen LogP contribution in [0.25, 0.3) is 11.0 Å². The molecule has 2 saturated heterocycles. The van der Waals surface area contributed by atoms with E-state index in [1.165, 1.54) is 12.4 Å². The summed E-state index contributed by atoms with van der Waals surface area (Å²) in [7, 11) is 0. The molecular weight excluding hydrogens is 494 g/mol. The number of fused-ring (bicyclic) bond motifs is 2. The fourth-order valence-corrected chi connectivity index (χ4v) is 5.08. The van der Waals surface area contributed by atoms with Gasteiger partial charge in [0.1, 0.15) is 28.9 Å². The number of amides is 1. The number of nitrogens with zero attached hydrogens (tertiary/aromatic N) is 5. The van der Waals surface area contributed by atoms with Gasteiger partial charge in [-0.2, -0.15) is 0 Å². The van der Waals surface area contributed by atoms with Crippen molar-refractivity contribution in [3.8, 4) is 5.75 Å². The molecule has 3 aromatic rings. The first-order valence-corrected chi connectivity index (χ1v) is 13.1. The van der Waals surface area contributed by atoms with Crippen molar-refractivity contribution < 1.29 is 9.53 Å². The van der Waals surface area contributed by atoms with E-state index in [1.54, 1.807) is 6.20 Å². The number of piperidine rings is 1. The SMILES string of the molecule is C=CC(=O)NC1CCN(c2ncc3ncnc(Nc4ccc(OC5=CC6NCNC6C=C5)c(C)c4)c3n2)CC1. The van der Waals surface area contributed by atoms with Gasteiger partial charge in [0.2, 0.25) is 11.9 Å². The summed E-state index contributed by atoms with van der Waals surface area (Å²) in [6, 6.07) is 6.63. The number of nitrogens with one attached hydrogen (secondary N) is 4. The van der Waals surface area contributed by atoms with Gasteiger partial charge in [0.05, 0.1) is 6.20 Å². The van der Waals surface area contributed by atoms with E-state index < -0.39 is 0 Å². The molecule has 2 atom stereocenters. The molecule has 0 bridgehead atoms. The number of aryl methyl sites for hydroxylation is 1. The second kappa shape index (κ2) is 10.8. The van der Waals surface area contributed by atoms with Crippen molar-refractivity contribution in [2.75, 3.05) is 30.0 Å². The Morgan fingerprint density at radius 2 is 2.03 bits per heavy atom. The minimum atomic E-state index is -0.141. The number of hydrogen-bond acceptors (Lipinski definition) is 10. The number of anilines is 3. The third-order valence-electron chi connectivity index (χ3n) is 7.21. The van der Waals surface area contributed by atoms with Crippen LogP contribution in [0.5, 0.6) is 5.75 Å². The third-order valence-corrected chi connectivity index (χ3v) is 7.21. The molecule has 2 aromatic heterocycles. The Morgan fingerprint density at radius 1 is 1.18 bits per heavy atom. The number of hydrogen-bond donors (Lipinski definition) is 4. The third kappa shape index (κ3) is 5.45. The Bertz CT molecular complexity index is 1460. The zero-order chi connectivity index (χ0) is 26.8. The highest BCUT2D eigenvalue weighted by molar-refractivity contribution is 5.87. The lowest BCUT2D eigenvalue weighted by Crippen LogP contribution is -2.44. The molecule has 1 aliphatic carbocycles. The lowest BCUT2D eigenvalue weighted by atomic mass is 10.0. The fourth-order valence-electron chi connectivity index (χ4n) is 5.08. The standard InChI is InChI=1S/C28H31N9O2/c1-3-25(38)34-18-8-10-37(11-9-18)28-29-14-23-26(36-28)27(33-16-32-23)35-19-4-7-24(17(2)12-19)39-20-5-6-21-22(13-20)31-15-30-21/h3-7,12-14,16,18,21-22,30-31H,1,8-11,15H2,2H3,(H,34,38)(H,32,33,35). The topological polar surface area (TPSA) is 129 Å². The van der Waals surface area contributed by atoms with E-state index in [0.29, 0.717) is 28.8 Å². The maximum absolute atomic E-state index is 11.6. The molecule has 0 spiro atoms. The summed E-state index contributed by atoms with van der Waals surface area (Å²) >= 11 is 0. The van der Waals surface area contributed by atoms with Gasteiger partial charge in [0, 0.05) is 43.6 Å². The maximum atomic E-state index is 11.6. The summed E-state index contributed by atoms with van der Waals surface area (Å²) in [6.07, 6.45) is 12.4. The molecule has 11 nitrogen and oxygen atoms in total. The van der Waals surface area contributed by atoms with Gasteiger partial charge in [-0.1, -0.05) is 12.7 Å². The zero-order valence-electron chi connectivity index (χ0n) is 21.7. The summed E-state index contributed by atoms with van der Waals surface area (Å²) in [5.41, 5.74) is 3.17. The first-order valence-electron chi connectivity index (χ1n) is 13.1. The average molecular weight is 526 g/mol. The monoisotopic (exact) mass is 525 g/mol. The molecule has 200 valence electrons. The summed E-state index contributed by atoms with van der Waals surface area (Å²) in [4.78, 5) is 31.9. The minimum absolute atomic E-state index is 0.127. The van der Waals surface area contributed by atoms with E-state index in [-0.39, 0.29) is 18.0 Å². The molecule has 11 heteroatoms. The van der Waals surface area contributed by atoms with E-state index in [9.17, 15) is 4.79 Å². The van der Waals surface area contributed by atoms with Crippen LogP contribution in [0.3, 0.4) is 0 Å². The largest absolute Gasteiger partial charge is 0.457 e. The number of carbonyl (C=O) groups excluding carboxylic acids is 1. The van der Waals surface area contributed by atoms with Gasteiger partial charge in [0.15, 0.2) is 5.82 Å². The van der Waals surface area contributed by atoms with Gasteiger partial charge in [-0.05, 0) is 61.8 Å². The molecule has 6 rings (SSSR count). The van der Waals surface area contributed by atoms with Gasteiger partial charge < -0.3 is 20.3 Å². The Hall–Kier alpha value is -4.35. The highest BCUT2D eigenvalue weighted by Gasteiger charge is 2.26. The Balaban J connectivity index is 1.16. The number of benzene rings is 1. The Morgan fingerprint density at radius 3 is 2.85 bits per heavy atom. The van der Waals surface area contributed by atoms with E-state index in [4.69, 9.17) is 9.72 Å². The number of carbonyl (C=O) groups is 1. The van der Waals surface area contributed by atoms with Crippen LogP contribution < -0.4 is 30.9 Å². The Kier molecular flexibility index (Phi) is 6.91. The molecule has 1 aromatic carbocycles. The number of rotatable bonds is 7. The highest BCUT2D eigenvalue weighted by Crippen LogP contribution is 2.29. The highest BCUT2D eigenvalue weighted by atomic mass is 16.5. The normalized spacial score (nSPS) is 20.8. The van der Waals surface area contributed by atoms with Crippen LogP contribution in [0.2, 0.25) is 0 Å². The van der Waals surface area contributed by atoms with Gasteiger partial charge in [-0.15, -0.1) is 0 Å². The molecule has 39 heavy (non-hydrogen) atoms. The van der Waals surface area contributed by atoms with Crippen molar-refractivity contribution >= 4 is 34.4 Å². The first kappa shape index (κ1) is 25.0. The van der Waals surface area contributed by atoms with Gasteiger partial charge >= 0.3 is 0 Å². The van der Waals surface area contributed by atoms with Gasteiger partial charge in [-0.25, -0.2) is 19.9 Å². The summed E-state index contributed by atoms with van der Waals surface area (Å²) in [5, 5.41) is 13.2. The van der Waals surface area contributed by atoms with Crippen LogP contribution in [0.4, 0.5) is 17.5 Å². The second-order valence-corrected chi connectivity index (χ2v) is 9.87.